The van der Waals surface area contributed by atoms with Crippen LogP contribution in [0.2, 0.25) is 0 Å². The van der Waals surface area contributed by atoms with Crippen LogP contribution in [0.15, 0.2) is 12.4 Å². The largest absolute Gasteiger partial charge is 0.464 e. The van der Waals surface area contributed by atoms with Gasteiger partial charge in [-0.3, -0.25) is 4.98 Å². The smallest absolute Gasteiger partial charge is 0.358 e. The van der Waals surface area contributed by atoms with Gasteiger partial charge in [-0.1, -0.05) is 39.0 Å². The van der Waals surface area contributed by atoms with Gasteiger partial charge in [0, 0.05) is 6.54 Å². The zero-order valence-electron chi connectivity index (χ0n) is 11.8. The van der Waals surface area contributed by atoms with E-state index in [1.807, 2.05) is 0 Å². The van der Waals surface area contributed by atoms with E-state index in [9.17, 15) is 4.79 Å². The van der Waals surface area contributed by atoms with Gasteiger partial charge in [0.2, 0.25) is 0 Å². The van der Waals surface area contributed by atoms with Gasteiger partial charge in [-0.25, -0.2) is 9.78 Å². The maximum atomic E-state index is 11.3. The first-order valence-corrected chi connectivity index (χ1v) is 6.92. The zero-order valence-corrected chi connectivity index (χ0v) is 11.8. The van der Waals surface area contributed by atoms with Gasteiger partial charge >= 0.3 is 5.97 Å². The van der Waals surface area contributed by atoms with E-state index in [0.717, 1.165) is 13.0 Å². The predicted molar refractivity (Wildman–Crippen MR) is 75.2 cm³/mol. The van der Waals surface area contributed by atoms with Crippen molar-refractivity contribution in [3.63, 3.8) is 0 Å². The molecule has 0 fully saturated rings. The van der Waals surface area contributed by atoms with Crippen molar-refractivity contribution in [2.75, 3.05) is 19.0 Å². The first kappa shape index (κ1) is 15.4. The molecule has 106 valence electrons. The molecule has 5 nitrogen and oxygen atoms in total. The number of hydrogen-bond acceptors (Lipinski definition) is 5. The number of ether oxygens (including phenoxy) is 1. The highest BCUT2D eigenvalue weighted by molar-refractivity contribution is 5.87. The Morgan fingerprint density at radius 1 is 1.21 bits per heavy atom. The molecule has 0 unspecified atom stereocenters. The molecule has 0 spiro atoms. The lowest BCUT2D eigenvalue weighted by atomic mass is 10.1. The summed E-state index contributed by atoms with van der Waals surface area (Å²) in [5, 5.41) is 3.17. The third-order valence-corrected chi connectivity index (χ3v) is 2.87. The topological polar surface area (TPSA) is 64.1 Å². The molecule has 0 aliphatic rings. The molecule has 0 atom stereocenters. The van der Waals surface area contributed by atoms with Crippen molar-refractivity contribution in [3.05, 3.63) is 18.1 Å². The molecule has 0 aliphatic carbocycles. The van der Waals surface area contributed by atoms with Gasteiger partial charge in [0.25, 0.3) is 0 Å². The fraction of sp³-hybridized carbons (Fsp3) is 0.643. The number of nitrogens with zero attached hydrogens (tertiary/aromatic N) is 2. The Kier molecular flexibility index (Phi) is 7.54. The van der Waals surface area contributed by atoms with Gasteiger partial charge in [0.15, 0.2) is 5.69 Å². The number of nitrogens with one attached hydrogen (secondary N) is 1. The molecular weight excluding hydrogens is 242 g/mol. The number of aromatic nitrogens is 2. The highest BCUT2D eigenvalue weighted by atomic mass is 16.5. The standard InChI is InChI=1S/C14H23N3O2/c1-3-4-5-6-7-8-9-16-13-11-15-10-12(17-13)14(18)19-2/h10-11H,3-9H2,1-2H3,(H,16,17). The Balaban J connectivity index is 2.24. The Labute approximate surface area is 114 Å². The predicted octanol–water partition coefficient (Wildman–Crippen LogP) is 3.04. The quantitative estimate of drug-likeness (QED) is 0.549. The number of unbranched alkanes of at least 4 members (excludes halogenated alkanes) is 5. The van der Waals surface area contributed by atoms with Crippen LogP contribution in [-0.4, -0.2) is 29.6 Å². The minimum absolute atomic E-state index is 0.232. The van der Waals surface area contributed by atoms with Crippen LogP contribution in [-0.2, 0) is 4.74 Å². The molecule has 1 aromatic rings. The Morgan fingerprint density at radius 2 is 1.95 bits per heavy atom. The molecule has 0 saturated heterocycles. The first-order chi connectivity index (χ1) is 9.27. The van der Waals surface area contributed by atoms with Gasteiger partial charge < -0.3 is 10.1 Å². The van der Waals surface area contributed by atoms with E-state index in [1.165, 1.54) is 45.4 Å². The molecule has 0 aromatic carbocycles. The van der Waals surface area contributed by atoms with Gasteiger partial charge in [0.05, 0.1) is 19.5 Å². The van der Waals surface area contributed by atoms with E-state index in [0.29, 0.717) is 5.82 Å². The monoisotopic (exact) mass is 265 g/mol. The molecule has 0 amide bonds. The summed E-state index contributed by atoms with van der Waals surface area (Å²) in [6, 6.07) is 0. The van der Waals surface area contributed by atoms with Gasteiger partial charge in [0.1, 0.15) is 5.82 Å². The number of methoxy groups -OCH3 is 1. The average molecular weight is 265 g/mol. The van der Waals surface area contributed by atoms with Crippen molar-refractivity contribution in [1.29, 1.82) is 0 Å². The normalized spacial score (nSPS) is 10.2. The van der Waals surface area contributed by atoms with Crippen LogP contribution in [0.25, 0.3) is 0 Å². The van der Waals surface area contributed by atoms with E-state index in [4.69, 9.17) is 0 Å². The summed E-state index contributed by atoms with van der Waals surface area (Å²) >= 11 is 0. The van der Waals surface area contributed by atoms with E-state index >= 15 is 0 Å². The minimum atomic E-state index is -0.462. The van der Waals surface area contributed by atoms with Crippen LogP contribution in [0.4, 0.5) is 5.82 Å². The third kappa shape index (κ3) is 6.18. The summed E-state index contributed by atoms with van der Waals surface area (Å²) in [7, 11) is 1.33. The number of carbonyl (C=O) groups excluding carboxylic acids is 1. The molecule has 0 bridgehead atoms. The van der Waals surface area contributed by atoms with Gasteiger partial charge in [-0.15, -0.1) is 0 Å². The summed E-state index contributed by atoms with van der Waals surface area (Å²) in [4.78, 5) is 19.4. The maximum absolute atomic E-state index is 11.3. The van der Waals surface area contributed by atoms with Crippen molar-refractivity contribution >= 4 is 11.8 Å². The summed E-state index contributed by atoms with van der Waals surface area (Å²) in [6.07, 6.45) is 10.5. The minimum Gasteiger partial charge on any atom is -0.464 e. The number of carbonyl (C=O) groups is 1. The van der Waals surface area contributed by atoms with Crippen molar-refractivity contribution < 1.29 is 9.53 Å². The number of rotatable bonds is 9. The highest BCUT2D eigenvalue weighted by Crippen LogP contribution is 2.07. The average Bonchev–Trinajstić information content (AvgIpc) is 2.46. The molecule has 1 rings (SSSR count). The van der Waals surface area contributed by atoms with E-state index in [2.05, 4.69) is 26.9 Å². The van der Waals surface area contributed by atoms with Crippen LogP contribution in [0, 0.1) is 0 Å². The number of anilines is 1. The summed E-state index contributed by atoms with van der Waals surface area (Å²) < 4.78 is 4.60. The number of hydrogen-bond donors (Lipinski definition) is 1. The van der Waals surface area contributed by atoms with Crippen LogP contribution in [0.1, 0.15) is 55.9 Å². The summed E-state index contributed by atoms with van der Waals surface area (Å²) in [5.41, 5.74) is 0.232. The first-order valence-electron chi connectivity index (χ1n) is 6.92. The second-order valence-electron chi connectivity index (χ2n) is 4.48. The van der Waals surface area contributed by atoms with Crippen LogP contribution in [0.3, 0.4) is 0 Å². The Hall–Kier alpha value is -1.65. The molecule has 0 radical (unpaired) electrons. The van der Waals surface area contributed by atoms with Gasteiger partial charge in [-0.05, 0) is 6.42 Å². The van der Waals surface area contributed by atoms with E-state index in [-0.39, 0.29) is 5.69 Å². The number of esters is 1. The molecule has 5 heteroatoms. The molecule has 0 aliphatic heterocycles. The second-order valence-corrected chi connectivity index (χ2v) is 4.48. The fourth-order valence-corrected chi connectivity index (χ4v) is 1.78. The molecule has 1 N–H and O–H groups in total. The summed E-state index contributed by atoms with van der Waals surface area (Å²) in [6.45, 7) is 3.07. The van der Waals surface area contributed by atoms with E-state index < -0.39 is 5.97 Å². The molecular formula is C14H23N3O2. The van der Waals surface area contributed by atoms with Crippen LogP contribution >= 0.6 is 0 Å². The SMILES string of the molecule is CCCCCCCCNc1cncc(C(=O)OC)n1. The summed E-state index contributed by atoms with van der Waals surface area (Å²) in [5.74, 6) is 0.159. The van der Waals surface area contributed by atoms with Gasteiger partial charge in [-0.2, -0.15) is 0 Å². The lowest BCUT2D eigenvalue weighted by Gasteiger charge is -2.06. The Morgan fingerprint density at radius 3 is 2.68 bits per heavy atom. The lowest BCUT2D eigenvalue weighted by molar-refractivity contribution is 0.0593. The van der Waals surface area contributed by atoms with Crippen molar-refractivity contribution in [2.45, 2.75) is 45.4 Å². The van der Waals surface area contributed by atoms with Crippen LogP contribution < -0.4 is 5.32 Å². The van der Waals surface area contributed by atoms with E-state index in [1.54, 1.807) is 6.20 Å². The highest BCUT2D eigenvalue weighted by Gasteiger charge is 2.07. The molecule has 0 saturated carbocycles. The third-order valence-electron chi connectivity index (χ3n) is 2.87. The molecule has 1 aromatic heterocycles. The van der Waals surface area contributed by atoms with Crippen molar-refractivity contribution in [1.82, 2.24) is 9.97 Å². The molecule has 19 heavy (non-hydrogen) atoms. The van der Waals surface area contributed by atoms with Crippen molar-refractivity contribution in [2.24, 2.45) is 0 Å². The molecule has 1 heterocycles. The zero-order chi connectivity index (χ0) is 13.9. The van der Waals surface area contributed by atoms with Crippen molar-refractivity contribution in [3.8, 4) is 0 Å². The van der Waals surface area contributed by atoms with Crippen LogP contribution in [0.5, 0.6) is 0 Å². The fourth-order valence-electron chi connectivity index (χ4n) is 1.78. The Bertz CT molecular complexity index is 383. The lowest BCUT2D eigenvalue weighted by Crippen LogP contribution is -2.09. The second kappa shape index (κ2) is 9.30. The maximum Gasteiger partial charge on any atom is 0.358 e.